The van der Waals surface area contributed by atoms with E-state index in [1.807, 2.05) is 20.9 Å². The van der Waals surface area contributed by atoms with Crippen LogP contribution < -0.4 is 4.90 Å². The molecule has 0 unspecified atom stereocenters. The zero-order chi connectivity index (χ0) is 27.4. The molecule has 38 heavy (non-hydrogen) atoms. The molecule has 9 nitrogen and oxygen atoms in total. The Balaban J connectivity index is 1.54. The summed E-state index contributed by atoms with van der Waals surface area (Å²) in [7, 11) is -1.75. The molecular weight excluding hydrogens is 502 g/mol. The Bertz CT molecular complexity index is 1340. The number of anilines is 1. The number of rotatable bonds is 9. The molecule has 4 rings (SSSR count). The molecule has 2 aromatic heterocycles. The number of carbonyl (C=O) groups excluding carboxylic acids is 1. The smallest absolute Gasteiger partial charge is 0.409 e. The molecule has 0 saturated heterocycles. The first-order valence-electron chi connectivity index (χ1n) is 13.5. The molecule has 206 valence electrons. The SMILES string of the molecule is CCN(CC)C(=O)OC[C@H](C)[C@H]1CC[C@@H](C)[C@@H](N(C)c2ncnc3c2ccn3S(=O)(=O)c2ccccc2)C1. The Morgan fingerprint density at radius 2 is 1.84 bits per heavy atom. The van der Waals surface area contributed by atoms with Gasteiger partial charge in [-0.1, -0.05) is 32.0 Å². The van der Waals surface area contributed by atoms with E-state index >= 15 is 0 Å². The van der Waals surface area contributed by atoms with Gasteiger partial charge in [0.15, 0.2) is 5.65 Å². The van der Waals surface area contributed by atoms with Gasteiger partial charge in [0.1, 0.15) is 12.1 Å². The van der Waals surface area contributed by atoms with Crippen molar-refractivity contribution in [2.75, 3.05) is 31.6 Å². The van der Waals surface area contributed by atoms with Crippen LogP contribution in [-0.2, 0) is 14.8 Å². The fourth-order valence-corrected chi connectivity index (χ4v) is 6.87. The van der Waals surface area contributed by atoms with E-state index in [-0.39, 0.29) is 22.9 Å². The predicted molar refractivity (Wildman–Crippen MR) is 149 cm³/mol. The molecule has 0 N–H and O–H groups in total. The van der Waals surface area contributed by atoms with E-state index in [1.54, 1.807) is 47.5 Å². The van der Waals surface area contributed by atoms with Gasteiger partial charge < -0.3 is 14.5 Å². The minimum Gasteiger partial charge on any atom is -0.449 e. The zero-order valence-corrected chi connectivity index (χ0v) is 23.8. The van der Waals surface area contributed by atoms with Crippen molar-refractivity contribution in [3.8, 4) is 0 Å². The molecule has 0 spiro atoms. The van der Waals surface area contributed by atoms with Crippen molar-refractivity contribution in [2.45, 2.75) is 57.9 Å². The van der Waals surface area contributed by atoms with E-state index in [0.29, 0.717) is 42.6 Å². The second-order valence-electron chi connectivity index (χ2n) is 10.3. The van der Waals surface area contributed by atoms with Gasteiger partial charge in [-0.2, -0.15) is 0 Å². The van der Waals surface area contributed by atoms with Gasteiger partial charge in [0, 0.05) is 32.4 Å². The Hall–Kier alpha value is -3.14. The maximum atomic E-state index is 13.3. The van der Waals surface area contributed by atoms with Crippen LogP contribution in [0.1, 0.15) is 47.0 Å². The van der Waals surface area contributed by atoms with Crippen LogP contribution in [0.15, 0.2) is 53.8 Å². The third-order valence-corrected chi connectivity index (χ3v) is 9.73. The topological polar surface area (TPSA) is 97.6 Å². The van der Waals surface area contributed by atoms with Gasteiger partial charge in [0.25, 0.3) is 10.0 Å². The fourth-order valence-electron chi connectivity index (χ4n) is 5.55. The van der Waals surface area contributed by atoms with Gasteiger partial charge in [0.05, 0.1) is 16.9 Å². The van der Waals surface area contributed by atoms with Crippen molar-refractivity contribution in [3.63, 3.8) is 0 Å². The van der Waals surface area contributed by atoms with E-state index in [1.165, 1.54) is 10.3 Å². The Morgan fingerprint density at radius 1 is 1.13 bits per heavy atom. The normalized spacial score (nSPS) is 20.7. The summed E-state index contributed by atoms with van der Waals surface area (Å²) in [5.41, 5.74) is 0.363. The number of hydrogen-bond acceptors (Lipinski definition) is 7. The first-order valence-corrected chi connectivity index (χ1v) is 14.9. The fraction of sp³-hybridized carbons (Fsp3) is 0.536. The average Bonchev–Trinajstić information content (AvgIpc) is 3.38. The molecule has 1 aromatic carbocycles. The first kappa shape index (κ1) is 27.9. The van der Waals surface area contributed by atoms with Crippen molar-refractivity contribution in [3.05, 3.63) is 48.9 Å². The van der Waals surface area contributed by atoms with Crippen LogP contribution in [0.25, 0.3) is 11.0 Å². The van der Waals surface area contributed by atoms with Crippen molar-refractivity contribution < 1.29 is 17.9 Å². The summed E-state index contributed by atoms with van der Waals surface area (Å²) in [6, 6.07) is 10.4. The van der Waals surface area contributed by atoms with Crippen molar-refractivity contribution in [2.24, 2.45) is 17.8 Å². The molecule has 1 aliphatic carbocycles. The summed E-state index contributed by atoms with van der Waals surface area (Å²) in [6.07, 6.45) is 5.82. The summed E-state index contributed by atoms with van der Waals surface area (Å²) in [6.45, 7) is 10.00. The molecular formula is C28H39N5O4S. The van der Waals surface area contributed by atoms with Crippen molar-refractivity contribution in [1.82, 2.24) is 18.8 Å². The molecule has 3 aromatic rings. The summed E-state index contributed by atoms with van der Waals surface area (Å²) < 4.78 is 33.5. The number of fused-ring (bicyclic) bond motifs is 1. The van der Waals surface area contributed by atoms with Crippen LogP contribution in [0, 0.1) is 17.8 Å². The number of hydrogen-bond donors (Lipinski definition) is 0. The largest absolute Gasteiger partial charge is 0.449 e. The van der Waals surface area contributed by atoms with Gasteiger partial charge in [0.2, 0.25) is 0 Å². The summed E-state index contributed by atoms with van der Waals surface area (Å²) in [5.74, 6) is 1.79. The number of ether oxygens (including phenoxy) is 1. The van der Waals surface area contributed by atoms with E-state index < -0.39 is 10.0 Å². The standard InChI is InChI=1S/C28H39N5O4S/c1-6-32(7-2)28(34)37-18-21(4)22-14-13-20(3)25(17-22)31(5)26-24-15-16-33(27(24)30-19-29-26)38(35,36)23-11-9-8-10-12-23/h8-12,15-16,19-22,25H,6-7,13-14,17-18H2,1-5H3/t20-,21+,22+,25+/m1/s1. The lowest BCUT2D eigenvalue weighted by atomic mass is 9.74. The second-order valence-corrected chi connectivity index (χ2v) is 12.1. The minimum absolute atomic E-state index is 0.210. The number of aromatic nitrogens is 3. The monoisotopic (exact) mass is 541 g/mol. The molecule has 1 saturated carbocycles. The van der Waals surface area contributed by atoms with Gasteiger partial charge in [-0.3, -0.25) is 0 Å². The number of nitrogens with zero attached hydrogens (tertiary/aromatic N) is 5. The van der Waals surface area contributed by atoms with Crippen LogP contribution in [0.5, 0.6) is 0 Å². The van der Waals surface area contributed by atoms with E-state index in [9.17, 15) is 13.2 Å². The number of carbonyl (C=O) groups is 1. The maximum Gasteiger partial charge on any atom is 0.409 e. The molecule has 2 heterocycles. The van der Waals surface area contributed by atoms with Crippen molar-refractivity contribution in [1.29, 1.82) is 0 Å². The minimum atomic E-state index is -3.78. The molecule has 1 amide bonds. The molecule has 0 radical (unpaired) electrons. The Kier molecular flexibility index (Phi) is 8.60. The Morgan fingerprint density at radius 3 is 2.53 bits per heavy atom. The van der Waals surface area contributed by atoms with Gasteiger partial charge >= 0.3 is 6.09 Å². The molecule has 4 atom stereocenters. The van der Waals surface area contributed by atoms with Crippen LogP contribution in [0.3, 0.4) is 0 Å². The van der Waals surface area contributed by atoms with E-state index in [2.05, 4.69) is 28.7 Å². The zero-order valence-electron chi connectivity index (χ0n) is 22.9. The highest BCUT2D eigenvalue weighted by atomic mass is 32.2. The summed E-state index contributed by atoms with van der Waals surface area (Å²) in [4.78, 5) is 25.3. The third-order valence-electron chi connectivity index (χ3n) is 8.05. The molecule has 1 fully saturated rings. The third kappa shape index (κ3) is 5.50. The quantitative estimate of drug-likeness (QED) is 0.375. The lowest BCUT2D eigenvalue weighted by Crippen LogP contribution is -2.43. The highest BCUT2D eigenvalue weighted by Crippen LogP contribution is 2.38. The van der Waals surface area contributed by atoms with Crippen LogP contribution >= 0.6 is 0 Å². The molecule has 10 heteroatoms. The highest BCUT2D eigenvalue weighted by molar-refractivity contribution is 7.90. The molecule has 0 bridgehead atoms. The highest BCUT2D eigenvalue weighted by Gasteiger charge is 2.35. The van der Waals surface area contributed by atoms with E-state index in [4.69, 9.17) is 4.74 Å². The number of amides is 1. The van der Waals surface area contributed by atoms with Crippen LogP contribution in [-0.4, -0.2) is 66.1 Å². The van der Waals surface area contributed by atoms with Gasteiger partial charge in [-0.25, -0.2) is 27.2 Å². The second kappa shape index (κ2) is 11.7. The van der Waals surface area contributed by atoms with Crippen molar-refractivity contribution >= 4 is 33.0 Å². The predicted octanol–water partition coefficient (Wildman–Crippen LogP) is 5.02. The Labute approximate surface area is 225 Å². The summed E-state index contributed by atoms with van der Waals surface area (Å²) >= 11 is 0. The van der Waals surface area contributed by atoms with Gasteiger partial charge in [-0.05, 0) is 69.1 Å². The number of benzene rings is 1. The first-order chi connectivity index (χ1) is 18.2. The molecule has 0 aliphatic heterocycles. The molecule has 1 aliphatic rings. The lowest BCUT2D eigenvalue weighted by molar-refractivity contribution is 0.0714. The van der Waals surface area contributed by atoms with Crippen LogP contribution in [0.2, 0.25) is 0 Å². The average molecular weight is 542 g/mol. The van der Waals surface area contributed by atoms with Crippen LogP contribution in [0.4, 0.5) is 10.6 Å². The summed E-state index contributed by atoms with van der Waals surface area (Å²) in [5, 5.41) is 0.699. The van der Waals surface area contributed by atoms with Gasteiger partial charge in [-0.15, -0.1) is 0 Å². The maximum absolute atomic E-state index is 13.3. The van der Waals surface area contributed by atoms with E-state index in [0.717, 1.165) is 25.1 Å². The lowest BCUT2D eigenvalue weighted by Gasteiger charge is -2.42.